The van der Waals surface area contributed by atoms with Gasteiger partial charge in [-0.05, 0) is 42.3 Å². The lowest BCUT2D eigenvalue weighted by atomic mass is 10.0. The van der Waals surface area contributed by atoms with E-state index < -0.39 is 0 Å². The summed E-state index contributed by atoms with van der Waals surface area (Å²) in [6.07, 6.45) is 6.03. The molecular formula is C30H30Cl2N6O2S. The standard InChI is InChI=1S/C30H30Cl2N6O2S/c1-40-25-6-3-2-5-24(25)37-15-13-36(14-16-37)11-4-7-27(39)38-12-10-21-26(18-38)41-30-28(21)29(33-19-34-30)35-20-8-9-22(31)23(32)17-20/h2-9,17,19H,10-16,18H2,1H3,(H,33,34,35). The van der Waals surface area contributed by atoms with E-state index in [4.69, 9.17) is 27.9 Å². The minimum Gasteiger partial charge on any atom is -0.495 e. The number of rotatable bonds is 7. The highest BCUT2D eigenvalue weighted by Crippen LogP contribution is 2.38. The number of para-hydroxylation sites is 2. The number of carbonyl (C=O) groups is 1. The number of hydrogen-bond acceptors (Lipinski definition) is 8. The average molecular weight is 610 g/mol. The molecule has 6 rings (SSSR count). The summed E-state index contributed by atoms with van der Waals surface area (Å²) in [5.74, 6) is 1.68. The van der Waals surface area contributed by atoms with Crippen LogP contribution >= 0.6 is 34.5 Å². The number of benzene rings is 2. The summed E-state index contributed by atoms with van der Waals surface area (Å²) >= 11 is 13.9. The van der Waals surface area contributed by atoms with Gasteiger partial charge in [0, 0.05) is 55.9 Å². The topological polar surface area (TPSA) is 73.8 Å². The highest BCUT2D eigenvalue weighted by atomic mass is 35.5. The fraction of sp³-hybridized carbons (Fsp3) is 0.300. The van der Waals surface area contributed by atoms with Crippen molar-refractivity contribution in [2.45, 2.75) is 13.0 Å². The van der Waals surface area contributed by atoms with E-state index in [1.165, 1.54) is 5.56 Å². The van der Waals surface area contributed by atoms with E-state index in [-0.39, 0.29) is 5.91 Å². The molecule has 0 aliphatic carbocycles. The van der Waals surface area contributed by atoms with E-state index in [1.54, 1.807) is 43.0 Å². The number of nitrogens with zero attached hydrogens (tertiary/aromatic N) is 5. The number of fused-ring (bicyclic) bond motifs is 3. The van der Waals surface area contributed by atoms with Gasteiger partial charge in [-0.1, -0.05) is 41.4 Å². The Morgan fingerprint density at radius 3 is 2.71 bits per heavy atom. The second-order valence-electron chi connectivity index (χ2n) is 10.0. The van der Waals surface area contributed by atoms with Crippen LogP contribution in [0.15, 0.2) is 60.9 Å². The van der Waals surface area contributed by atoms with Crippen LogP contribution in [0.1, 0.15) is 10.4 Å². The minimum absolute atomic E-state index is 0.0426. The quantitative estimate of drug-likeness (QED) is 0.257. The first-order valence-electron chi connectivity index (χ1n) is 13.5. The Morgan fingerprint density at radius 1 is 1.07 bits per heavy atom. The number of thiophene rings is 1. The molecule has 8 nitrogen and oxygen atoms in total. The van der Waals surface area contributed by atoms with Crippen LogP contribution in [-0.4, -0.2) is 72.1 Å². The highest BCUT2D eigenvalue weighted by molar-refractivity contribution is 7.19. The Balaban J connectivity index is 1.06. The van der Waals surface area contributed by atoms with Crippen molar-refractivity contribution in [2.75, 3.05) is 56.6 Å². The lowest BCUT2D eigenvalue weighted by Crippen LogP contribution is -2.46. The van der Waals surface area contributed by atoms with Crippen molar-refractivity contribution in [3.63, 3.8) is 0 Å². The largest absolute Gasteiger partial charge is 0.495 e. The maximum absolute atomic E-state index is 13.1. The van der Waals surface area contributed by atoms with Gasteiger partial charge in [-0.15, -0.1) is 11.3 Å². The maximum Gasteiger partial charge on any atom is 0.246 e. The summed E-state index contributed by atoms with van der Waals surface area (Å²) in [6, 6.07) is 13.5. The molecule has 0 saturated carbocycles. The van der Waals surface area contributed by atoms with Crippen molar-refractivity contribution >= 4 is 67.9 Å². The molecule has 212 valence electrons. The molecule has 1 saturated heterocycles. The van der Waals surface area contributed by atoms with Crippen LogP contribution in [0.25, 0.3) is 10.2 Å². The van der Waals surface area contributed by atoms with Crippen LogP contribution in [0.2, 0.25) is 10.0 Å². The number of amides is 1. The first kappa shape index (κ1) is 27.8. The number of halogens is 2. The predicted octanol–water partition coefficient (Wildman–Crippen LogP) is 6.01. The third-order valence-corrected chi connectivity index (χ3v) is 9.42. The van der Waals surface area contributed by atoms with Gasteiger partial charge in [-0.25, -0.2) is 9.97 Å². The zero-order valence-corrected chi connectivity index (χ0v) is 25.0. The molecule has 0 unspecified atom stereocenters. The molecule has 1 amide bonds. The van der Waals surface area contributed by atoms with Crippen molar-refractivity contribution in [3.05, 3.63) is 81.4 Å². The summed E-state index contributed by atoms with van der Waals surface area (Å²) in [5.41, 5.74) is 3.14. The average Bonchev–Trinajstić information content (AvgIpc) is 3.38. The molecule has 2 aliphatic heterocycles. The fourth-order valence-corrected chi connectivity index (χ4v) is 6.89. The molecule has 2 aromatic heterocycles. The Kier molecular flexibility index (Phi) is 8.30. The molecule has 0 atom stereocenters. The van der Waals surface area contributed by atoms with E-state index >= 15 is 0 Å². The molecule has 4 heterocycles. The summed E-state index contributed by atoms with van der Waals surface area (Å²) in [6.45, 7) is 5.70. The summed E-state index contributed by atoms with van der Waals surface area (Å²) < 4.78 is 5.52. The molecule has 11 heteroatoms. The second kappa shape index (κ2) is 12.2. The van der Waals surface area contributed by atoms with Crippen LogP contribution < -0.4 is 15.0 Å². The van der Waals surface area contributed by atoms with Crippen LogP contribution in [0, 0.1) is 0 Å². The van der Waals surface area contributed by atoms with Crippen molar-refractivity contribution in [1.29, 1.82) is 0 Å². The first-order valence-corrected chi connectivity index (χ1v) is 15.1. The van der Waals surface area contributed by atoms with Gasteiger partial charge in [0.2, 0.25) is 5.91 Å². The number of piperazine rings is 1. The van der Waals surface area contributed by atoms with Crippen LogP contribution in [0.5, 0.6) is 5.75 Å². The molecule has 1 fully saturated rings. The second-order valence-corrected chi connectivity index (χ2v) is 11.9. The van der Waals surface area contributed by atoms with E-state index in [0.717, 1.165) is 77.2 Å². The van der Waals surface area contributed by atoms with Gasteiger partial charge in [0.05, 0.1) is 34.8 Å². The number of anilines is 3. The van der Waals surface area contributed by atoms with Crippen LogP contribution in [0.3, 0.4) is 0 Å². The number of carbonyl (C=O) groups excluding carboxylic acids is 1. The van der Waals surface area contributed by atoms with Gasteiger partial charge in [-0.2, -0.15) is 0 Å². The van der Waals surface area contributed by atoms with E-state index in [9.17, 15) is 4.79 Å². The van der Waals surface area contributed by atoms with Gasteiger partial charge < -0.3 is 19.9 Å². The van der Waals surface area contributed by atoms with Crippen LogP contribution in [0.4, 0.5) is 17.2 Å². The smallest absolute Gasteiger partial charge is 0.246 e. The summed E-state index contributed by atoms with van der Waals surface area (Å²) in [7, 11) is 1.71. The van der Waals surface area contributed by atoms with Gasteiger partial charge >= 0.3 is 0 Å². The molecule has 1 N–H and O–H groups in total. The molecular weight excluding hydrogens is 579 g/mol. The summed E-state index contributed by atoms with van der Waals surface area (Å²) in [4.78, 5) is 30.8. The molecule has 0 spiro atoms. The predicted molar refractivity (Wildman–Crippen MR) is 167 cm³/mol. The highest BCUT2D eigenvalue weighted by Gasteiger charge is 2.26. The zero-order chi connectivity index (χ0) is 28.3. The van der Waals surface area contributed by atoms with Crippen molar-refractivity contribution in [1.82, 2.24) is 19.8 Å². The monoisotopic (exact) mass is 608 g/mol. The molecule has 0 radical (unpaired) electrons. The van der Waals surface area contributed by atoms with E-state index in [0.29, 0.717) is 23.1 Å². The minimum atomic E-state index is 0.0426. The normalized spacial score (nSPS) is 15.9. The third kappa shape index (κ3) is 5.99. The molecule has 2 aliphatic rings. The van der Waals surface area contributed by atoms with Crippen molar-refractivity contribution < 1.29 is 9.53 Å². The Hall–Kier alpha value is -3.37. The SMILES string of the molecule is COc1ccccc1N1CCN(CC=CC(=O)N2CCc3c(sc4ncnc(Nc5ccc(Cl)c(Cl)c5)c34)C2)CC1. The fourth-order valence-electron chi connectivity index (χ4n) is 5.39. The molecule has 2 aromatic carbocycles. The molecule has 4 aromatic rings. The van der Waals surface area contributed by atoms with Gasteiger partial charge in [-0.3, -0.25) is 9.69 Å². The Morgan fingerprint density at radius 2 is 1.90 bits per heavy atom. The molecule has 0 bridgehead atoms. The lowest BCUT2D eigenvalue weighted by Gasteiger charge is -2.36. The van der Waals surface area contributed by atoms with Crippen molar-refractivity contribution in [3.8, 4) is 5.75 Å². The third-order valence-electron chi connectivity index (χ3n) is 7.55. The number of aromatic nitrogens is 2. The van der Waals surface area contributed by atoms with Crippen molar-refractivity contribution in [2.24, 2.45) is 0 Å². The van der Waals surface area contributed by atoms with Gasteiger partial charge in [0.25, 0.3) is 0 Å². The van der Waals surface area contributed by atoms with Gasteiger partial charge in [0.1, 0.15) is 22.7 Å². The number of ether oxygens (including phenoxy) is 1. The van der Waals surface area contributed by atoms with Gasteiger partial charge in [0.15, 0.2) is 0 Å². The van der Waals surface area contributed by atoms with E-state index in [2.05, 4.69) is 31.2 Å². The number of hydrogen-bond donors (Lipinski definition) is 1. The first-order chi connectivity index (χ1) is 20.0. The van der Waals surface area contributed by atoms with E-state index in [1.807, 2.05) is 35.2 Å². The number of nitrogens with one attached hydrogen (secondary N) is 1. The van der Waals surface area contributed by atoms with Crippen LogP contribution in [-0.2, 0) is 17.8 Å². The summed E-state index contributed by atoms with van der Waals surface area (Å²) in [5, 5.41) is 5.36. The Bertz CT molecular complexity index is 1600. The number of methoxy groups -OCH3 is 1. The molecule has 41 heavy (non-hydrogen) atoms. The lowest BCUT2D eigenvalue weighted by molar-refractivity contribution is -0.126. The Labute approximate surface area is 253 Å². The zero-order valence-electron chi connectivity index (χ0n) is 22.6. The maximum atomic E-state index is 13.1.